The van der Waals surface area contributed by atoms with Crippen LogP contribution in [0, 0.1) is 0 Å². The Morgan fingerprint density at radius 2 is 1.32 bits per heavy atom. The molecule has 0 amide bonds. The first-order valence-electron chi connectivity index (χ1n) is 11.5. The third-order valence-electron chi connectivity index (χ3n) is 4.95. The molecule has 2 rings (SSSR count). The molecule has 5 heteroatoms. The van der Waals surface area contributed by atoms with Gasteiger partial charge in [-0.25, -0.2) is 0 Å². The zero-order chi connectivity index (χ0) is 22.5. The highest BCUT2D eigenvalue weighted by molar-refractivity contribution is 6.03. The standard InChI is InChI=1S/C26H36O5/c1-4-7-17-29-22-16-15-21(24(28)23(27)20-13-11-10-12-14-20)25(30-18-8-5-2)26(22)31-19-9-6-3/h10-16,23,27H,4-9,17-19H2,1-3H3. The first kappa shape index (κ1) is 24.7. The van der Waals surface area contributed by atoms with Crippen molar-refractivity contribution < 1.29 is 24.1 Å². The second kappa shape index (κ2) is 13.7. The molecule has 0 heterocycles. The summed E-state index contributed by atoms with van der Waals surface area (Å²) in [7, 11) is 0. The van der Waals surface area contributed by atoms with E-state index in [1.807, 2.05) is 6.07 Å². The number of carbonyl (C=O) groups excluding carboxylic acids is 1. The van der Waals surface area contributed by atoms with Gasteiger partial charge in [0.25, 0.3) is 0 Å². The Bertz CT molecular complexity index is 788. The quantitative estimate of drug-likeness (QED) is 0.273. The number of hydrogen-bond donors (Lipinski definition) is 1. The summed E-state index contributed by atoms with van der Waals surface area (Å²) in [6.07, 6.45) is 4.36. The molecular weight excluding hydrogens is 392 g/mol. The number of carbonyl (C=O) groups is 1. The monoisotopic (exact) mass is 428 g/mol. The SMILES string of the molecule is CCCCOc1ccc(C(=O)C(O)c2ccccc2)c(OCCCC)c1OCCCC. The Kier molecular flexibility index (Phi) is 10.9. The molecule has 0 radical (unpaired) electrons. The van der Waals surface area contributed by atoms with E-state index < -0.39 is 11.9 Å². The summed E-state index contributed by atoms with van der Waals surface area (Å²) >= 11 is 0. The van der Waals surface area contributed by atoms with Gasteiger partial charge in [-0.3, -0.25) is 4.79 Å². The molecule has 5 nitrogen and oxygen atoms in total. The molecule has 0 aromatic heterocycles. The van der Waals surface area contributed by atoms with Gasteiger partial charge in [-0.05, 0) is 37.0 Å². The lowest BCUT2D eigenvalue weighted by Crippen LogP contribution is -2.15. The molecule has 2 aromatic carbocycles. The van der Waals surface area contributed by atoms with Crippen molar-refractivity contribution in [2.75, 3.05) is 19.8 Å². The van der Waals surface area contributed by atoms with Gasteiger partial charge in [0.1, 0.15) is 6.10 Å². The minimum absolute atomic E-state index is 0.307. The maximum Gasteiger partial charge on any atom is 0.204 e. The molecule has 0 spiro atoms. The highest BCUT2D eigenvalue weighted by Crippen LogP contribution is 2.42. The minimum atomic E-state index is -1.27. The van der Waals surface area contributed by atoms with Gasteiger partial charge in [-0.1, -0.05) is 70.4 Å². The second-order valence-corrected chi connectivity index (χ2v) is 7.55. The van der Waals surface area contributed by atoms with E-state index in [9.17, 15) is 9.90 Å². The number of aliphatic hydroxyl groups is 1. The van der Waals surface area contributed by atoms with Crippen LogP contribution in [-0.4, -0.2) is 30.7 Å². The van der Waals surface area contributed by atoms with Crippen molar-refractivity contribution in [1.29, 1.82) is 0 Å². The van der Waals surface area contributed by atoms with Crippen molar-refractivity contribution in [2.24, 2.45) is 0 Å². The summed E-state index contributed by atoms with van der Waals surface area (Å²) in [5.41, 5.74) is 0.852. The van der Waals surface area contributed by atoms with Crippen LogP contribution in [0.2, 0.25) is 0 Å². The number of ether oxygens (including phenoxy) is 3. The lowest BCUT2D eigenvalue weighted by Gasteiger charge is -2.20. The Morgan fingerprint density at radius 3 is 1.90 bits per heavy atom. The van der Waals surface area contributed by atoms with E-state index in [2.05, 4.69) is 20.8 Å². The second-order valence-electron chi connectivity index (χ2n) is 7.55. The average molecular weight is 429 g/mol. The van der Waals surface area contributed by atoms with Crippen LogP contribution in [0.3, 0.4) is 0 Å². The van der Waals surface area contributed by atoms with Crippen LogP contribution in [0.5, 0.6) is 17.2 Å². The fraction of sp³-hybridized carbons (Fsp3) is 0.500. The van der Waals surface area contributed by atoms with E-state index in [1.54, 1.807) is 36.4 Å². The van der Waals surface area contributed by atoms with E-state index >= 15 is 0 Å². The summed E-state index contributed by atoms with van der Waals surface area (Å²) in [6.45, 7) is 7.81. The van der Waals surface area contributed by atoms with Crippen molar-refractivity contribution in [3.63, 3.8) is 0 Å². The number of Topliss-reactive ketones (excluding diaryl/α,β-unsaturated/α-hetero) is 1. The smallest absolute Gasteiger partial charge is 0.204 e. The molecule has 1 unspecified atom stereocenters. The van der Waals surface area contributed by atoms with Gasteiger partial charge >= 0.3 is 0 Å². The summed E-state index contributed by atoms with van der Waals surface area (Å²) in [4.78, 5) is 13.2. The molecule has 0 aliphatic rings. The Labute approximate surface area is 186 Å². The predicted molar refractivity (Wildman–Crippen MR) is 123 cm³/mol. The molecule has 31 heavy (non-hydrogen) atoms. The third-order valence-corrected chi connectivity index (χ3v) is 4.95. The predicted octanol–water partition coefficient (Wildman–Crippen LogP) is 6.14. The number of aliphatic hydroxyl groups excluding tert-OH is 1. The molecule has 0 aliphatic heterocycles. The lowest BCUT2D eigenvalue weighted by molar-refractivity contribution is 0.0742. The molecule has 0 aliphatic carbocycles. The summed E-state index contributed by atoms with van der Waals surface area (Å²) in [5.74, 6) is 0.963. The fourth-order valence-electron chi connectivity index (χ4n) is 3.03. The van der Waals surface area contributed by atoms with Crippen LogP contribution >= 0.6 is 0 Å². The van der Waals surface area contributed by atoms with Crippen molar-refractivity contribution >= 4 is 5.78 Å². The van der Waals surface area contributed by atoms with Gasteiger partial charge < -0.3 is 19.3 Å². The first-order valence-corrected chi connectivity index (χ1v) is 11.5. The van der Waals surface area contributed by atoms with Crippen LogP contribution in [0.15, 0.2) is 42.5 Å². The largest absolute Gasteiger partial charge is 0.490 e. The molecule has 0 fully saturated rings. The zero-order valence-electron chi connectivity index (χ0n) is 19.1. The van der Waals surface area contributed by atoms with Crippen LogP contribution in [0.4, 0.5) is 0 Å². The van der Waals surface area contributed by atoms with Crippen molar-refractivity contribution in [3.8, 4) is 17.2 Å². The lowest BCUT2D eigenvalue weighted by atomic mass is 9.98. The topological polar surface area (TPSA) is 65.0 Å². The molecule has 1 atom stereocenters. The highest BCUT2D eigenvalue weighted by atomic mass is 16.5. The van der Waals surface area contributed by atoms with Gasteiger partial charge in [0.15, 0.2) is 17.3 Å². The number of hydrogen-bond acceptors (Lipinski definition) is 5. The van der Waals surface area contributed by atoms with Gasteiger partial charge in [-0.2, -0.15) is 0 Å². The van der Waals surface area contributed by atoms with E-state index in [0.29, 0.717) is 48.2 Å². The first-order chi connectivity index (χ1) is 15.1. The number of unbranched alkanes of at least 4 members (excludes halogenated alkanes) is 3. The molecule has 0 saturated carbocycles. The van der Waals surface area contributed by atoms with E-state index in [0.717, 1.165) is 38.5 Å². The van der Waals surface area contributed by atoms with E-state index in [4.69, 9.17) is 14.2 Å². The summed E-state index contributed by atoms with van der Waals surface area (Å²) < 4.78 is 18.1. The van der Waals surface area contributed by atoms with E-state index in [1.165, 1.54) is 0 Å². The average Bonchev–Trinajstić information content (AvgIpc) is 2.80. The van der Waals surface area contributed by atoms with Crippen LogP contribution < -0.4 is 14.2 Å². The van der Waals surface area contributed by atoms with Crippen molar-refractivity contribution in [3.05, 3.63) is 53.6 Å². The number of benzene rings is 2. The normalized spacial score (nSPS) is 11.7. The van der Waals surface area contributed by atoms with Crippen LogP contribution in [-0.2, 0) is 0 Å². The Balaban J connectivity index is 2.43. The fourth-order valence-corrected chi connectivity index (χ4v) is 3.03. The number of ketones is 1. The molecule has 2 aromatic rings. The number of rotatable bonds is 15. The van der Waals surface area contributed by atoms with E-state index in [-0.39, 0.29) is 0 Å². The van der Waals surface area contributed by atoms with Gasteiger partial charge in [0.05, 0.1) is 25.4 Å². The van der Waals surface area contributed by atoms with Crippen molar-refractivity contribution in [2.45, 2.75) is 65.4 Å². The molecule has 170 valence electrons. The molecule has 0 saturated heterocycles. The molecular formula is C26H36O5. The Morgan fingerprint density at radius 1 is 0.774 bits per heavy atom. The molecule has 0 bridgehead atoms. The zero-order valence-corrected chi connectivity index (χ0v) is 19.1. The van der Waals surface area contributed by atoms with Gasteiger partial charge in [-0.15, -0.1) is 0 Å². The van der Waals surface area contributed by atoms with Crippen LogP contribution in [0.1, 0.15) is 81.3 Å². The Hall–Kier alpha value is -2.53. The maximum atomic E-state index is 13.2. The highest BCUT2D eigenvalue weighted by Gasteiger charge is 2.27. The van der Waals surface area contributed by atoms with Crippen molar-refractivity contribution in [1.82, 2.24) is 0 Å². The van der Waals surface area contributed by atoms with Crippen LogP contribution in [0.25, 0.3) is 0 Å². The minimum Gasteiger partial charge on any atom is -0.490 e. The summed E-state index contributed by atoms with van der Waals surface area (Å²) in [6, 6.07) is 12.3. The third kappa shape index (κ3) is 7.28. The van der Waals surface area contributed by atoms with Gasteiger partial charge in [0.2, 0.25) is 5.75 Å². The van der Waals surface area contributed by atoms with Gasteiger partial charge in [0, 0.05) is 0 Å². The molecule has 1 N–H and O–H groups in total. The maximum absolute atomic E-state index is 13.2. The summed E-state index contributed by atoms with van der Waals surface area (Å²) in [5, 5.41) is 10.7.